The highest BCUT2D eigenvalue weighted by Crippen LogP contribution is 2.48. The van der Waals surface area contributed by atoms with Crippen LogP contribution in [-0.4, -0.2) is 22.3 Å². The Morgan fingerprint density at radius 3 is 3.00 bits per heavy atom. The summed E-state index contributed by atoms with van der Waals surface area (Å²) in [6, 6.07) is 4.94. The molecule has 7 heteroatoms. The molecule has 1 fully saturated rings. The van der Waals surface area contributed by atoms with Gasteiger partial charge in [0.2, 0.25) is 5.91 Å². The fourth-order valence-electron chi connectivity index (χ4n) is 3.88. The Bertz CT molecular complexity index is 821. The third-order valence-electron chi connectivity index (χ3n) is 5.25. The summed E-state index contributed by atoms with van der Waals surface area (Å²) in [6.07, 6.45) is 7.20. The van der Waals surface area contributed by atoms with Crippen molar-refractivity contribution < 1.29 is 18.3 Å². The standard InChI is InChI=1S/C19H21F2N3O2/c1-24-10-12(9-22-24)15-8-16(15)18(25)23-17-4-2-3-11-7-13(26-19(20)21)5-6-14(11)17/h5-7,9-10,15-17,19H,2-4,8H2,1H3,(H,23,25). The van der Waals surface area contributed by atoms with Crippen LogP contribution in [0.1, 0.15) is 47.9 Å². The van der Waals surface area contributed by atoms with Crippen molar-refractivity contribution in [2.24, 2.45) is 13.0 Å². The van der Waals surface area contributed by atoms with E-state index in [1.807, 2.05) is 19.4 Å². The summed E-state index contributed by atoms with van der Waals surface area (Å²) in [5.41, 5.74) is 3.08. The van der Waals surface area contributed by atoms with Crippen LogP contribution < -0.4 is 10.1 Å². The Kier molecular flexibility index (Phi) is 4.38. The van der Waals surface area contributed by atoms with Crippen molar-refractivity contribution in [1.82, 2.24) is 15.1 Å². The molecule has 3 unspecified atom stereocenters. The van der Waals surface area contributed by atoms with Crippen molar-refractivity contribution in [3.63, 3.8) is 0 Å². The SMILES string of the molecule is Cn1cc(C2CC2C(=O)NC2CCCc3cc(OC(F)F)ccc32)cn1. The average molecular weight is 361 g/mol. The van der Waals surface area contributed by atoms with Crippen molar-refractivity contribution in [2.45, 2.75) is 44.3 Å². The van der Waals surface area contributed by atoms with Crippen molar-refractivity contribution in [2.75, 3.05) is 0 Å². The Morgan fingerprint density at radius 2 is 2.27 bits per heavy atom. The molecule has 0 aliphatic heterocycles. The van der Waals surface area contributed by atoms with Gasteiger partial charge >= 0.3 is 6.61 Å². The number of nitrogens with zero attached hydrogens (tertiary/aromatic N) is 2. The molecule has 26 heavy (non-hydrogen) atoms. The van der Waals surface area contributed by atoms with E-state index >= 15 is 0 Å². The van der Waals surface area contributed by atoms with Crippen LogP contribution in [0.5, 0.6) is 5.75 Å². The summed E-state index contributed by atoms with van der Waals surface area (Å²) < 4.78 is 31.0. The Morgan fingerprint density at radius 1 is 1.42 bits per heavy atom. The van der Waals surface area contributed by atoms with Crippen LogP contribution in [-0.2, 0) is 18.3 Å². The molecule has 4 rings (SSSR count). The zero-order valence-electron chi connectivity index (χ0n) is 14.5. The van der Waals surface area contributed by atoms with Gasteiger partial charge in [-0.25, -0.2) is 0 Å². The number of carbonyl (C=O) groups excluding carboxylic acids is 1. The van der Waals surface area contributed by atoms with Gasteiger partial charge in [0.15, 0.2) is 0 Å². The van der Waals surface area contributed by atoms with Gasteiger partial charge in [0.1, 0.15) is 5.75 Å². The molecule has 2 aliphatic carbocycles. The number of aryl methyl sites for hydroxylation is 2. The maximum atomic E-state index is 12.6. The molecule has 1 amide bonds. The van der Waals surface area contributed by atoms with Gasteiger partial charge in [0.05, 0.1) is 12.2 Å². The summed E-state index contributed by atoms with van der Waals surface area (Å²) in [4.78, 5) is 12.6. The lowest BCUT2D eigenvalue weighted by atomic mass is 9.87. The number of halogens is 2. The number of amides is 1. The molecule has 0 spiro atoms. The lowest BCUT2D eigenvalue weighted by Gasteiger charge is -2.27. The highest BCUT2D eigenvalue weighted by atomic mass is 19.3. The topological polar surface area (TPSA) is 56.2 Å². The minimum absolute atomic E-state index is 0.00832. The van der Waals surface area contributed by atoms with E-state index in [1.165, 1.54) is 0 Å². The predicted molar refractivity (Wildman–Crippen MR) is 91.0 cm³/mol. The van der Waals surface area contributed by atoms with Gasteiger partial charge in [-0.05, 0) is 60.4 Å². The van der Waals surface area contributed by atoms with Crippen molar-refractivity contribution in [3.8, 4) is 5.75 Å². The lowest BCUT2D eigenvalue weighted by Crippen LogP contribution is -2.32. The van der Waals surface area contributed by atoms with Crippen LogP contribution in [0.15, 0.2) is 30.6 Å². The summed E-state index contributed by atoms with van der Waals surface area (Å²) >= 11 is 0. The molecule has 1 aromatic carbocycles. The van der Waals surface area contributed by atoms with E-state index in [-0.39, 0.29) is 29.5 Å². The first kappa shape index (κ1) is 17.0. The van der Waals surface area contributed by atoms with Crippen LogP contribution in [0.2, 0.25) is 0 Å². The molecule has 0 saturated heterocycles. The molecule has 138 valence electrons. The lowest BCUT2D eigenvalue weighted by molar-refractivity contribution is -0.123. The van der Waals surface area contributed by atoms with Crippen LogP contribution in [0.25, 0.3) is 0 Å². The second kappa shape index (κ2) is 6.70. The first-order valence-corrected chi connectivity index (χ1v) is 8.88. The van der Waals surface area contributed by atoms with Gasteiger partial charge in [-0.2, -0.15) is 13.9 Å². The van der Waals surface area contributed by atoms with Gasteiger partial charge in [0, 0.05) is 19.2 Å². The number of fused-ring (bicyclic) bond motifs is 1. The van der Waals surface area contributed by atoms with Gasteiger partial charge in [0.25, 0.3) is 0 Å². The Labute approximate surface area is 150 Å². The van der Waals surface area contributed by atoms with Crippen molar-refractivity contribution in [3.05, 3.63) is 47.3 Å². The minimum Gasteiger partial charge on any atom is -0.435 e. The van der Waals surface area contributed by atoms with Crippen LogP contribution in [0.4, 0.5) is 8.78 Å². The summed E-state index contributed by atoms with van der Waals surface area (Å²) in [6.45, 7) is -2.83. The fourth-order valence-corrected chi connectivity index (χ4v) is 3.88. The molecular formula is C19H21F2N3O2. The maximum absolute atomic E-state index is 12.6. The molecule has 1 saturated carbocycles. The van der Waals surface area contributed by atoms with Crippen molar-refractivity contribution in [1.29, 1.82) is 0 Å². The van der Waals surface area contributed by atoms with E-state index in [0.717, 1.165) is 42.4 Å². The fraction of sp³-hybridized carbons (Fsp3) is 0.474. The van der Waals surface area contributed by atoms with Gasteiger partial charge in [-0.15, -0.1) is 0 Å². The highest BCUT2D eigenvalue weighted by Gasteiger charge is 2.45. The summed E-state index contributed by atoms with van der Waals surface area (Å²) in [5, 5.41) is 7.31. The van der Waals surface area contributed by atoms with Crippen LogP contribution in [0, 0.1) is 5.92 Å². The number of benzene rings is 1. The smallest absolute Gasteiger partial charge is 0.387 e. The number of ether oxygens (including phenoxy) is 1. The predicted octanol–water partition coefficient (Wildman–Crippen LogP) is 3.32. The van der Waals surface area contributed by atoms with E-state index in [1.54, 1.807) is 22.9 Å². The zero-order valence-corrected chi connectivity index (χ0v) is 14.5. The molecule has 1 heterocycles. The molecular weight excluding hydrogens is 340 g/mol. The van der Waals surface area contributed by atoms with Crippen LogP contribution >= 0.6 is 0 Å². The number of alkyl halides is 2. The third kappa shape index (κ3) is 3.43. The summed E-state index contributed by atoms with van der Waals surface area (Å²) in [7, 11) is 1.87. The average Bonchev–Trinajstić information content (AvgIpc) is 3.29. The number of carbonyl (C=O) groups is 1. The van der Waals surface area contributed by atoms with E-state index < -0.39 is 6.61 Å². The second-order valence-corrected chi connectivity index (χ2v) is 7.09. The maximum Gasteiger partial charge on any atom is 0.387 e. The second-order valence-electron chi connectivity index (χ2n) is 7.09. The first-order valence-electron chi connectivity index (χ1n) is 8.88. The molecule has 0 bridgehead atoms. The highest BCUT2D eigenvalue weighted by molar-refractivity contribution is 5.83. The quantitative estimate of drug-likeness (QED) is 0.889. The molecule has 0 radical (unpaired) electrons. The molecule has 2 aromatic rings. The number of nitrogens with one attached hydrogen (secondary N) is 1. The zero-order chi connectivity index (χ0) is 18.3. The molecule has 1 N–H and O–H groups in total. The van der Waals surface area contributed by atoms with E-state index in [9.17, 15) is 13.6 Å². The molecule has 1 aromatic heterocycles. The molecule has 5 nitrogen and oxygen atoms in total. The summed E-state index contributed by atoms with van der Waals surface area (Å²) in [5.74, 6) is 0.466. The van der Waals surface area contributed by atoms with Gasteiger partial charge < -0.3 is 10.1 Å². The molecule has 2 aliphatic rings. The normalized spacial score (nSPS) is 24.2. The largest absolute Gasteiger partial charge is 0.435 e. The van der Waals surface area contributed by atoms with Gasteiger partial charge in [-0.1, -0.05) is 6.07 Å². The van der Waals surface area contributed by atoms with Crippen LogP contribution in [0.3, 0.4) is 0 Å². The van der Waals surface area contributed by atoms with E-state index in [2.05, 4.69) is 15.2 Å². The van der Waals surface area contributed by atoms with E-state index in [4.69, 9.17) is 0 Å². The Balaban J connectivity index is 1.43. The van der Waals surface area contributed by atoms with Gasteiger partial charge in [-0.3, -0.25) is 9.48 Å². The minimum atomic E-state index is -2.83. The molecule has 3 atom stereocenters. The van der Waals surface area contributed by atoms with E-state index in [0.29, 0.717) is 0 Å². The number of aromatic nitrogens is 2. The van der Waals surface area contributed by atoms with Crippen molar-refractivity contribution >= 4 is 5.91 Å². The first-order chi connectivity index (χ1) is 12.5. The Hall–Kier alpha value is -2.44. The number of rotatable bonds is 5. The monoisotopic (exact) mass is 361 g/mol. The number of hydrogen-bond donors (Lipinski definition) is 1. The third-order valence-corrected chi connectivity index (χ3v) is 5.25. The number of hydrogen-bond acceptors (Lipinski definition) is 3.